The lowest BCUT2D eigenvalue weighted by atomic mass is 10.1. The largest absolute Gasteiger partial charge is 0.392 e. The first-order valence-corrected chi connectivity index (χ1v) is 10.3. The number of rotatable bonds is 7. The summed E-state index contributed by atoms with van der Waals surface area (Å²) in [6.07, 6.45) is 6.82. The summed E-state index contributed by atoms with van der Waals surface area (Å²) in [5.41, 5.74) is 2.82. The number of carbonyl (C=O) groups excluding carboxylic acids is 1. The summed E-state index contributed by atoms with van der Waals surface area (Å²) in [5, 5.41) is 15.6. The summed E-state index contributed by atoms with van der Waals surface area (Å²) < 4.78 is 7.12. The molecule has 3 aromatic rings. The highest BCUT2D eigenvalue weighted by atomic mass is 16.5. The third-order valence-electron chi connectivity index (χ3n) is 5.29. The SMILES string of the molecule is Cc1cnc(NC2CCOCC2)nc1-n1cnc(C(=O)NCc2ccccc2CO)c1. The maximum atomic E-state index is 12.6. The summed E-state index contributed by atoms with van der Waals surface area (Å²) in [7, 11) is 0. The summed E-state index contributed by atoms with van der Waals surface area (Å²) in [6.45, 7) is 3.63. The number of aliphatic hydroxyl groups excluding tert-OH is 1. The number of imidazole rings is 1. The number of amides is 1. The van der Waals surface area contributed by atoms with Crippen LogP contribution in [0, 0.1) is 6.92 Å². The number of nitrogens with zero attached hydrogens (tertiary/aromatic N) is 4. The molecule has 0 aliphatic carbocycles. The van der Waals surface area contributed by atoms with Crippen molar-refractivity contribution in [2.45, 2.75) is 39.0 Å². The van der Waals surface area contributed by atoms with E-state index in [9.17, 15) is 9.90 Å². The molecule has 1 saturated heterocycles. The molecule has 1 aromatic carbocycles. The lowest BCUT2D eigenvalue weighted by Gasteiger charge is -2.23. The number of nitrogens with one attached hydrogen (secondary N) is 2. The molecule has 4 rings (SSSR count). The Balaban J connectivity index is 1.45. The van der Waals surface area contributed by atoms with Gasteiger partial charge in [0.25, 0.3) is 5.91 Å². The minimum atomic E-state index is -0.293. The second-order valence-corrected chi connectivity index (χ2v) is 7.51. The van der Waals surface area contributed by atoms with Gasteiger partial charge in [0.05, 0.1) is 6.61 Å². The van der Waals surface area contributed by atoms with Gasteiger partial charge in [0.2, 0.25) is 5.95 Å². The molecule has 1 fully saturated rings. The van der Waals surface area contributed by atoms with E-state index < -0.39 is 0 Å². The molecule has 162 valence electrons. The smallest absolute Gasteiger partial charge is 0.271 e. The Morgan fingerprint density at radius 2 is 2.00 bits per heavy atom. The van der Waals surface area contributed by atoms with Crippen LogP contribution in [0.5, 0.6) is 0 Å². The van der Waals surface area contributed by atoms with E-state index in [1.807, 2.05) is 31.2 Å². The number of benzene rings is 1. The molecule has 0 spiro atoms. The van der Waals surface area contributed by atoms with Gasteiger partial charge in [0.15, 0.2) is 0 Å². The van der Waals surface area contributed by atoms with E-state index >= 15 is 0 Å². The normalized spacial score (nSPS) is 14.4. The number of ether oxygens (including phenoxy) is 1. The van der Waals surface area contributed by atoms with Crippen LogP contribution in [0.25, 0.3) is 5.82 Å². The van der Waals surface area contributed by atoms with Crippen LogP contribution in [-0.4, -0.2) is 49.8 Å². The topological polar surface area (TPSA) is 114 Å². The predicted octanol–water partition coefficient (Wildman–Crippen LogP) is 1.98. The van der Waals surface area contributed by atoms with E-state index in [2.05, 4.69) is 25.6 Å². The summed E-state index contributed by atoms with van der Waals surface area (Å²) in [5.74, 6) is 0.924. The minimum Gasteiger partial charge on any atom is -0.392 e. The van der Waals surface area contributed by atoms with Crippen molar-refractivity contribution in [1.29, 1.82) is 0 Å². The number of hydrogen-bond acceptors (Lipinski definition) is 7. The molecule has 0 bridgehead atoms. The maximum absolute atomic E-state index is 12.6. The zero-order valence-electron chi connectivity index (χ0n) is 17.4. The number of anilines is 1. The van der Waals surface area contributed by atoms with Crippen LogP contribution in [-0.2, 0) is 17.9 Å². The Morgan fingerprint density at radius 3 is 2.77 bits per heavy atom. The molecule has 1 aliphatic rings. The average molecular weight is 422 g/mol. The molecule has 3 heterocycles. The van der Waals surface area contributed by atoms with E-state index in [0.29, 0.717) is 24.0 Å². The average Bonchev–Trinajstić information content (AvgIpc) is 3.30. The zero-order chi connectivity index (χ0) is 21.6. The van der Waals surface area contributed by atoms with Gasteiger partial charge in [-0.1, -0.05) is 24.3 Å². The molecule has 1 aliphatic heterocycles. The first-order valence-electron chi connectivity index (χ1n) is 10.3. The van der Waals surface area contributed by atoms with Crippen LogP contribution >= 0.6 is 0 Å². The van der Waals surface area contributed by atoms with Gasteiger partial charge in [-0.3, -0.25) is 9.36 Å². The second-order valence-electron chi connectivity index (χ2n) is 7.51. The van der Waals surface area contributed by atoms with Crippen LogP contribution in [0.2, 0.25) is 0 Å². The van der Waals surface area contributed by atoms with Gasteiger partial charge in [0, 0.05) is 43.8 Å². The first kappa shape index (κ1) is 21.0. The standard InChI is InChI=1S/C22H26N6O3/c1-15-10-24-22(26-18-6-8-31-9-7-18)27-20(15)28-12-19(25-14-28)21(30)23-11-16-4-2-3-5-17(16)13-29/h2-5,10,12,14,18,29H,6-9,11,13H2,1H3,(H,23,30)(H,24,26,27). The molecule has 0 atom stereocenters. The van der Waals surface area contributed by atoms with E-state index in [-0.39, 0.29) is 18.6 Å². The van der Waals surface area contributed by atoms with Crippen molar-refractivity contribution in [1.82, 2.24) is 24.8 Å². The number of aliphatic hydroxyl groups is 1. The number of hydrogen-bond donors (Lipinski definition) is 3. The van der Waals surface area contributed by atoms with Crippen LogP contribution in [0.1, 0.15) is 40.0 Å². The lowest BCUT2D eigenvalue weighted by Crippen LogP contribution is -2.28. The Bertz CT molecular complexity index is 1050. The molecular weight excluding hydrogens is 396 g/mol. The molecule has 1 amide bonds. The van der Waals surface area contributed by atoms with E-state index in [1.165, 1.54) is 0 Å². The van der Waals surface area contributed by atoms with Crippen molar-refractivity contribution in [2.24, 2.45) is 0 Å². The van der Waals surface area contributed by atoms with Gasteiger partial charge in [-0.2, -0.15) is 4.98 Å². The summed E-state index contributed by atoms with van der Waals surface area (Å²) >= 11 is 0. The second kappa shape index (κ2) is 9.67. The fourth-order valence-corrected chi connectivity index (χ4v) is 3.49. The molecule has 0 radical (unpaired) electrons. The summed E-state index contributed by atoms with van der Waals surface area (Å²) in [6, 6.07) is 7.73. The molecule has 2 aromatic heterocycles. The third-order valence-corrected chi connectivity index (χ3v) is 5.29. The van der Waals surface area contributed by atoms with Crippen LogP contribution in [0.15, 0.2) is 43.0 Å². The Hall–Kier alpha value is -3.30. The van der Waals surface area contributed by atoms with Crippen molar-refractivity contribution in [2.75, 3.05) is 18.5 Å². The van der Waals surface area contributed by atoms with Crippen LogP contribution < -0.4 is 10.6 Å². The van der Waals surface area contributed by atoms with Crippen molar-refractivity contribution in [3.63, 3.8) is 0 Å². The van der Waals surface area contributed by atoms with E-state index in [0.717, 1.165) is 42.7 Å². The third kappa shape index (κ3) is 5.07. The molecule has 0 unspecified atom stereocenters. The molecule has 31 heavy (non-hydrogen) atoms. The maximum Gasteiger partial charge on any atom is 0.271 e. The fourth-order valence-electron chi connectivity index (χ4n) is 3.49. The summed E-state index contributed by atoms with van der Waals surface area (Å²) in [4.78, 5) is 25.8. The van der Waals surface area contributed by atoms with Crippen molar-refractivity contribution in [3.8, 4) is 5.82 Å². The lowest BCUT2D eigenvalue weighted by molar-refractivity contribution is 0.0903. The van der Waals surface area contributed by atoms with Crippen molar-refractivity contribution >= 4 is 11.9 Å². The molecular formula is C22H26N6O3. The quantitative estimate of drug-likeness (QED) is 0.533. The van der Waals surface area contributed by atoms with Gasteiger partial charge >= 0.3 is 0 Å². The van der Waals surface area contributed by atoms with Crippen LogP contribution in [0.3, 0.4) is 0 Å². The highest BCUT2D eigenvalue weighted by Gasteiger charge is 2.16. The molecule has 3 N–H and O–H groups in total. The molecule has 9 nitrogen and oxygen atoms in total. The number of aromatic nitrogens is 4. The minimum absolute atomic E-state index is 0.0715. The zero-order valence-corrected chi connectivity index (χ0v) is 17.4. The number of aryl methyl sites for hydroxylation is 1. The molecule has 9 heteroatoms. The van der Waals surface area contributed by atoms with Crippen LogP contribution in [0.4, 0.5) is 5.95 Å². The van der Waals surface area contributed by atoms with Gasteiger partial charge in [-0.25, -0.2) is 9.97 Å². The van der Waals surface area contributed by atoms with E-state index in [1.54, 1.807) is 23.3 Å². The highest BCUT2D eigenvalue weighted by molar-refractivity contribution is 5.92. The van der Waals surface area contributed by atoms with Crippen molar-refractivity contribution in [3.05, 3.63) is 65.4 Å². The predicted molar refractivity (Wildman–Crippen MR) is 115 cm³/mol. The highest BCUT2D eigenvalue weighted by Crippen LogP contribution is 2.16. The Morgan fingerprint density at radius 1 is 1.23 bits per heavy atom. The van der Waals surface area contributed by atoms with Gasteiger partial charge < -0.3 is 20.5 Å². The fraction of sp³-hybridized carbons (Fsp3) is 0.364. The molecule has 0 saturated carbocycles. The Kier molecular flexibility index (Phi) is 6.54. The van der Waals surface area contributed by atoms with E-state index in [4.69, 9.17) is 4.74 Å². The Labute approximate surface area is 180 Å². The first-order chi connectivity index (χ1) is 15.1. The van der Waals surface area contributed by atoms with Gasteiger partial charge in [0.1, 0.15) is 17.8 Å². The van der Waals surface area contributed by atoms with Crippen molar-refractivity contribution < 1.29 is 14.6 Å². The monoisotopic (exact) mass is 422 g/mol. The number of carbonyl (C=O) groups is 1. The van der Waals surface area contributed by atoms with Gasteiger partial charge in [-0.05, 0) is 30.9 Å². The van der Waals surface area contributed by atoms with Gasteiger partial charge in [-0.15, -0.1) is 0 Å².